The van der Waals surface area contributed by atoms with Gasteiger partial charge in [0, 0.05) is 102 Å². The largest absolute Gasteiger partial charge is 0.504 e. The van der Waals surface area contributed by atoms with Crippen molar-refractivity contribution in [3.63, 3.8) is 0 Å². The molecule has 1 heterocycles. The van der Waals surface area contributed by atoms with Crippen molar-refractivity contribution in [2.45, 2.75) is 71.5 Å². The highest BCUT2D eigenvalue weighted by Gasteiger charge is 2.31. The third-order valence-corrected chi connectivity index (χ3v) is 20.3. The molecule has 0 fully saturated rings. The molecule has 0 aromatic heterocycles. The highest BCUT2D eigenvalue weighted by molar-refractivity contribution is 14.1. The standard InChI is InChI=1S/C49H51N3O7.C31H32INO6.C14H15N3O/c1-31-23-37(27-47(58-4)49(31)59-5)40(24-34-18-21-46(57-3)45(55)25-34)43(53)15-10-22-51-48(56)28-42-39-13-8-7-12-38(39)32(2)29-52(42)30-33-16-19-35(20-17-33)44(54)26-36-11-6-9-14-41(36)50;1-20-16-23(19-29(38-3)31(20)39-4)24(17-21-11-13-28(37-2)27(35)18-21)26(34)10-7-15-33-30(36)14-12-22-8-5-6-9-25(22)32;15-9-10-5-7-11(8-6-10)14(18)17-13-4-2-1-3-12(13)16/h6-9,11-14,16-21,23-25,27,42,55H,2,10,15,22,26,28-30,50H2,1,3-5H3,(H,51,56);5-6,8-9,11-14,16-19,35H,7,10,15H2,1-4H3,(H,33,36);1-8H,9,15-16H2,(H,17,18)/b40-24+;14-12+,24-17+;. The Kier molecular flexibility index (Phi) is 32.3. The molecule has 0 spiro atoms. The average molecular weight is 1680 g/mol. The number of carbonyl (C=O) groups is 6. The summed E-state index contributed by atoms with van der Waals surface area (Å²) in [6.45, 7) is 10.4. The van der Waals surface area contributed by atoms with Crippen LogP contribution in [0.15, 0.2) is 219 Å². The zero-order valence-electron chi connectivity index (χ0n) is 66.4. The van der Waals surface area contributed by atoms with Gasteiger partial charge in [0.15, 0.2) is 63.3 Å². The first-order valence-corrected chi connectivity index (χ1v) is 38.6. The molecule has 600 valence electrons. The fourth-order valence-electron chi connectivity index (χ4n) is 13.2. The van der Waals surface area contributed by atoms with Crippen LogP contribution in [0.2, 0.25) is 0 Å². The predicted octanol–water partition coefficient (Wildman–Crippen LogP) is 16.4. The SMILES string of the molecule is C=C1CN(Cc2ccc(C(=O)Cc3ccccc3N)cc2)C(CC(=O)NCCCC(=O)/C(=C/c2ccc(OC)c(O)c2)c2cc(C)c(OC)c(OC)c2)c2ccccc21.COc1ccc(/C=C(/C(=O)CCCNC(=O)/C=C/c2ccccc2I)c2cc(C)c(OC)c(OC)c2)cc1O.NCc1ccc(C(=O)Nc2ccccc2N)cc1. The fourth-order valence-corrected chi connectivity index (χ4v) is 13.8. The van der Waals surface area contributed by atoms with Gasteiger partial charge in [0.2, 0.25) is 11.8 Å². The summed E-state index contributed by atoms with van der Waals surface area (Å²) >= 11 is 2.22. The second-order valence-electron chi connectivity index (χ2n) is 27.3. The second kappa shape index (κ2) is 42.9. The highest BCUT2D eigenvalue weighted by atomic mass is 127. The highest BCUT2D eigenvalue weighted by Crippen LogP contribution is 2.41. The number of carbonyl (C=O) groups excluding carboxylic acids is 6. The van der Waals surface area contributed by atoms with E-state index in [0.29, 0.717) is 142 Å². The Morgan fingerprint density at radius 1 is 0.552 bits per heavy atom. The van der Waals surface area contributed by atoms with Gasteiger partial charge in [-0.3, -0.25) is 33.7 Å². The lowest BCUT2D eigenvalue weighted by Crippen LogP contribution is -2.38. The zero-order valence-corrected chi connectivity index (χ0v) is 68.5. The Bertz CT molecular complexity index is 5270. The van der Waals surface area contributed by atoms with Gasteiger partial charge in [-0.05, 0) is 225 Å². The van der Waals surface area contributed by atoms with Gasteiger partial charge in [0.25, 0.3) is 5.91 Å². The number of phenols is 2. The number of fused-ring (bicyclic) bond motifs is 1. The van der Waals surface area contributed by atoms with Crippen molar-refractivity contribution in [3.8, 4) is 46.0 Å². The monoisotopic (exact) mass is 1680 g/mol. The number of hydrogen-bond acceptors (Lipinski definition) is 18. The molecule has 22 heteroatoms. The van der Waals surface area contributed by atoms with E-state index < -0.39 is 0 Å². The lowest BCUT2D eigenvalue weighted by molar-refractivity contribution is -0.122. The van der Waals surface area contributed by atoms with Crippen LogP contribution in [0, 0.1) is 17.4 Å². The second-order valence-corrected chi connectivity index (χ2v) is 28.5. The summed E-state index contributed by atoms with van der Waals surface area (Å²) in [5, 5.41) is 29.4. The average Bonchev–Trinajstić information content (AvgIpc) is 0.786. The van der Waals surface area contributed by atoms with E-state index in [0.717, 1.165) is 53.7 Å². The van der Waals surface area contributed by atoms with Gasteiger partial charge in [0.05, 0.1) is 54.0 Å². The minimum atomic E-state index is -0.220. The number of nitrogens with two attached hydrogens (primary N) is 3. The summed E-state index contributed by atoms with van der Waals surface area (Å²) in [4.78, 5) is 80.6. The number of aryl methyl sites for hydroxylation is 2. The number of nitrogens with zero attached hydrogens (tertiary/aromatic N) is 1. The number of Topliss-reactive ketones (excluding diaryl/α,β-unsaturated/α-hetero) is 3. The maximum absolute atomic E-state index is 13.9. The molecule has 0 saturated heterocycles. The number of aromatic hydroxyl groups is 2. The number of rotatable bonds is 32. The van der Waals surface area contributed by atoms with E-state index in [2.05, 4.69) is 50.0 Å². The van der Waals surface area contributed by atoms with Crippen molar-refractivity contribution in [2.75, 3.05) is 79.1 Å². The van der Waals surface area contributed by atoms with Gasteiger partial charge in [-0.2, -0.15) is 0 Å². The molecule has 10 aromatic rings. The minimum Gasteiger partial charge on any atom is -0.504 e. The van der Waals surface area contributed by atoms with Gasteiger partial charge in [0.1, 0.15) is 0 Å². The topological polar surface area (TPSA) is 316 Å². The molecule has 0 bridgehead atoms. The van der Waals surface area contributed by atoms with Crippen molar-refractivity contribution in [1.82, 2.24) is 15.5 Å². The molecule has 21 nitrogen and oxygen atoms in total. The third-order valence-electron chi connectivity index (χ3n) is 19.3. The van der Waals surface area contributed by atoms with E-state index in [1.165, 1.54) is 20.3 Å². The van der Waals surface area contributed by atoms with Crippen LogP contribution >= 0.6 is 22.6 Å². The molecule has 11 rings (SSSR count). The van der Waals surface area contributed by atoms with Gasteiger partial charge in [-0.25, -0.2) is 0 Å². The van der Waals surface area contributed by atoms with E-state index in [1.54, 1.807) is 126 Å². The maximum atomic E-state index is 13.9. The Hall–Kier alpha value is -12.8. The Morgan fingerprint density at radius 3 is 1.59 bits per heavy atom. The predicted molar refractivity (Wildman–Crippen MR) is 468 cm³/mol. The summed E-state index contributed by atoms with van der Waals surface area (Å²) in [5.74, 6) is 1.98. The van der Waals surface area contributed by atoms with Crippen LogP contribution in [-0.2, 0) is 38.7 Å². The summed E-state index contributed by atoms with van der Waals surface area (Å²) in [5.41, 5.74) is 32.2. The summed E-state index contributed by atoms with van der Waals surface area (Å²) < 4.78 is 33.5. The van der Waals surface area contributed by atoms with Crippen molar-refractivity contribution < 1.29 is 67.4 Å². The van der Waals surface area contributed by atoms with Gasteiger partial charge >= 0.3 is 0 Å². The Balaban J connectivity index is 0.000000229. The first-order chi connectivity index (χ1) is 56.0. The number of amides is 3. The van der Waals surface area contributed by atoms with E-state index in [-0.39, 0.29) is 78.3 Å². The van der Waals surface area contributed by atoms with Crippen LogP contribution in [0.4, 0.5) is 17.1 Å². The Morgan fingerprint density at radius 2 is 1.06 bits per heavy atom. The van der Waals surface area contributed by atoms with Gasteiger partial charge < -0.3 is 71.8 Å². The maximum Gasteiger partial charge on any atom is 0.255 e. The lowest BCUT2D eigenvalue weighted by atomic mass is 9.87. The summed E-state index contributed by atoms with van der Waals surface area (Å²) in [6.07, 6.45) is 8.40. The number of anilines is 3. The first-order valence-electron chi connectivity index (χ1n) is 37.6. The molecule has 1 atom stereocenters. The van der Waals surface area contributed by atoms with Crippen LogP contribution in [0.5, 0.6) is 46.0 Å². The number of allylic oxidation sites excluding steroid dienone is 2. The fraction of sp³-hybridized carbons (Fsp3) is 0.213. The van der Waals surface area contributed by atoms with Crippen LogP contribution in [-0.4, -0.2) is 112 Å². The van der Waals surface area contributed by atoms with Gasteiger partial charge in [-0.15, -0.1) is 0 Å². The molecule has 116 heavy (non-hydrogen) atoms. The van der Waals surface area contributed by atoms with Crippen LogP contribution < -0.4 is 61.6 Å². The van der Waals surface area contributed by atoms with Crippen molar-refractivity contribution in [2.24, 2.45) is 5.73 Å². The quantitative estimate of drug-likeness (QED) is 0.00485. The van der Waals surface area contributed by atoms with E-state index in [4.69, 9.17) is 45.6 Å². The number of nitrogens with one attached hydrogen (secondary N) is 3. The van der Waals surface area contributed by atoms with Crippen molar-refractivity contribution >= 4 is 110 Å². The third kappa shape index (κ3) is 23.9. The number of phenolic OH excluding ortho intramolecular Hbond substituents is 2. The summed E-state index contributed by atoms with van der Waals surface area (Å²) in [6, 6.07) is 62.1. The number of hydrogen-bond donors (Lipinski definition) is 8. The number of ketones is 3. The number of nitrogen functional groups attached to an aromatic ring is 2. The smallest absolute Gasteiger partial charge is 0.255 e. The van der Waals surface area contributed by atoms with Crippen LogP contribution in [0.1, 0.15) is 126 Å². The molecule has 11 N–H and O–H groups in total. The zero-order chi connectivity index (χ0) is 83.4. The molecule has 10 aromatic carbocycles. The molecule has 0 radical (unpaired) electrons. The Labute approximate surface area is 691 Å². The minimum absolute atomic E-state index is 0.00758. The van der Waals surface area contributed by atoms with Gasteiger partial charge in [-0.1, -0.05) is 128 Å². The number of ether oxygens (including phenoxy) is 6. The number of methoxy groups -OCH3 is 6. The molecule has 1 aliphatic heterocycles. The van der Waals surface area contributed by atoms with E-state index >= 15 is 0 Å². The molecule has 0 saturated carbocycles. The molecule has 1 aliphatic rings. The number of halogens is 1. The molecular weight excluding hydrogens is 1580 g/mol. The molecule has 1 unspecified atom stereocenters. The van der Waals surface area contributed by atoms with Crippen molar-refractivity contribution in [3.05, 3.63) is 300 Å². The molecular formula is C94H98IN7O14. The number of benzene rings is 10. The van der Waals surface area contributed by atoms with Crippen LogP contribution in [0.25, 0.3) is 34.9 Å². The van der Waals surface area contributed by atoms with Crippen LogP contribution in [0.3, 0.4) is 0 Å². The molecule has 3 amide bonds. The molecule has 0 aliphatic carbocycles. The summed E-state index contributed by atoms with van der Waals surface area (Å²) in [7, 11) is 9.17. The first kappa shape index (κ1) is 87.2. The van der Waals surface area contributed by atoms with Crippen molar-refractivity contribution in [1.29, 1.82) is 0 Å². The lowest BCUT2D eigenvalue weighted by Gasteiger charge is -2.38. The van der Waals surface area contributed by atoms with E-state index in [9.17, 15) is 39.0 Å². The normalized spacial score (nSPS) is 12.5. The number of para-hydroxylation sites is 3. The van der Waals surface area contributed by atoms with E-state index in [1.807, 2.05) is 141 Å².